The lowest BCUT2D eigenvalue weighted by molar-refractivity contribution is 0.176. The number of pyridine rings is 1. The zero-order chi connectivity index (χ0) is 13.8. The van der Waals surface area contributed by atoms with Gasteiger partial charge in [0.15, 0.2) is 0 Å². The van der Waals surface area contributed by atoms with Gasteiger partial charge in [0.05, 0.1) is 19.4 Å². The van der Waals surface area contributed by atoms with E-state index in [0.29, 0.717) is 17.7 Å². The van der Waals surface area contributed by atoms with Gasteiger partial charge in [-0.05, 0) is 29.8 Å². The van der Waals surface area contributed by atoms with E-state index in [1.54, 1.807) is 7.11 Å². The molecule has 5 heteroatoms. The molecule has 2 rings (SSSR count). The van der Waals surface area contributed by atoms with Gasteiger partial charge in [0.2, 0.25) is 0 Å². The molecule has 0 spiro atoms. The van der Waals surface area contributed by atoms with Gasteiger partial charge >= 0.3 is 0 Å². The Morgan fingerprint density at radius 2 is 2.16 bits per heavy atom. The van der Waals surface area contributed by atoms with Gasteiger partial charge in [-0.2, -0.15) is 0 Å². The molecule has 0 saturated carbocycles. The van der Waals surface area contributed by atoms with Gasteiger partial charge < -0.3 is 9.84 Å². The summed E-state index contributed by atoms with van der Waals surface area (Å²) in [6.07, 6.45) is 2.06. The molecule has 0 amide bonds. The third-order valence-corrected chi connectivity index (χ3v) is 3.26. The molecular formula is C14H13BrFNO2. The van der Waals surface area contributed by atoms with E-state index >= 15 is 0 Å². The number of aromatic nitrogens is 1. The van der Waals surface area contributed by atoms with Crippen LogP contribution in [0.5, 0.6) is 5.75 Å². The topological polar surface area (TPSA) is 42.4 Å². The van der Waals surface area contributed by atoms with Gasteiger partial charge in [-0.25, -0.2) is 4.39 Å². The van der Waals surface area contributed by atoms with Crippen LogP contribution < -0.4 is 4.74 Å². The number of methoxy groups -OCH3 is 1. The SMILES string of the molecule is COc1ccc(Br)cc1CC(O)c1cncc(F)c1. The number of nitrogens with zero attached hydrogens (tertiary/aromatic N) is 1. The van der Waals surface area contributed by atoms with Crippen molar-refractivity contribution >= 4 is 15.9 Å². The maximum absolute atomic E-state index is 13.1. The Balaban J connectivity index is 2.23. The Kier molecular flexibility index (Phi) is 4.50. The zero-order valence-electron chi connectivity index (χ0n) is 10.3. The molecule has 0 aliphatic rings. The highest BCUT2D eigenvalue weighted by atomic mass is 79.9. The first-order chi connectivity index (χ1) is 9.10. The van der Waals surface area contributed by atoms with Crippen LogP contribution in [-0.2, 0) is 6.42 Å². The van der Waals surface area contributed by atoms with Crippen LogP contribution in [-0.4, -0.2) is 17.2 Å². The summed E-state index contributed by atoms with van der Waals surface area (Å²) in [5.74, 6) is 0.226. The van der Waals surface area contributed by atoms with Crippen molar-refractivity contribution in [3.05, 3.63) is 58.1 Å². The van der Waals surface area contributed by atoms with Crippen molar-refractivity contribution in [2.24, 2.45) is 0 Å². The van der Waals surface area contributed by atoms with Gasteiger partial charge in [-0.15, -0.1) is 0 Å². The fourth-order valence-corrected chi connectivity index (χ4v) is 2.25. The normalized spacial score (nSPS) is 12.2. The first kappa shape index (κ1) is 14.0. The van der Waals surface area contributed by atoms with E-state index in [0.717, 1.165) is 16.2 Å². The van der Waals surface area contributed by atoms with E-state index in [1.165, 1.54) is 12.3 Å². The van der Waals surface area contributed by atoms with Crippen LogP contribution in [0.2, 0.25) is 0 Å². The van der Waals surface area contributed by atoms with Crippen molar-refractivity contribution in [3.8, 4) is 5.75 Å². The third-order valence-electron chi connectivity index (χ3n) is 2.77. The minimum absolute atomic E-state index is 0.327. The third kappa shape index (κ3) is 3.52. The first-order valence-corrected chi connectivity index (χ1v) is 6.50. The molecule has 0 fully saturated rings. The molecule has 1 atom stereocenters. The molecule has 0 aliphatic heterocycles. The van der Waals surface area contributed by atoms with E-state index in [9.17, 15) is 9.50 Å². The Hall–Kier alpha value is -1.46. The van der Waals surface area contributed by atoms with E-state index in [-0.39, 0.29) is 0 Å². The molecule has 19 heavy (non-hydrogen) atoms. The summed E-state index contributed by atoms with van der Waals surface area (Å²) >= 11 is 3.37. The van der Waals surface area contributed by atoms with E-state index in [4.69, 9.17) is 4.74 Å². The summed E-state index contributed by atoms with van der Waals surface area (Å²) in [6, 6.07) is 6.82. The molecule has 2 aromatic rings. The molecule has 1 heterocycles. The molecule has 0 aliphatic carbocycles. The Morgan fingerprint density at radius 3 is 2.84 bits per heavy atom. The smallest absolute Gasteiger partial charge is 0.141 e. The molecule has 0 radical (unpaired) electrons. The van der Waals surface area contributed by atoms with Crippen LogP contribution in [0, 0.1) is 5.82 Å². The number of benzene rings is 1. The lowest BCUT2D eigenvalue weighted by Gasteiger charge is -2.14. The summed E-state index contributed by atoms with van der Waals surface area (Å²) in [5.41, 5.74) is 1.29. The zero-order valence-corrected chi connectivity index (χ0v) is 11.9. The second-order valence-electron chi connectivity index (χ2n) is 4.11. The second kappa shape index (κ2) is 6.12. The molecule has 0 bridgehead atoms. The van der Waals surface area contributed by atoms with Gasteiger partial charge in [0, 0.05) is 22.7 Å². The molecule has 1 unspecified atom stereocenters. The minimum atomic E-state index is -0.827. The number of hydrogen-bond acceptors (Lipinski definition) is 3. The number of rotatable bonds is 4. The van der Waals surface area contributed by atoms with Gasteiger partial charge in [-0.3, -0.25) is 4.98 Å². The Bertz CT molecular complexity index is 577. The van der Waals surface area contributed by atoms with Gasteiger partial charge in [0.25, 0.3) is 0 Å². The molecule has 0 saturated heterocycles. The minimum Gasteiger partial charge on any atom is -0.496 e. The molecule has 3 nitrogen and oxygen atoms in total. The highest BCUT2D eigenvalue weighted by Gasteiger charge is 2.13. The highest BCUT2D eigenvalue weighted by Crippen LogP contribution is 2.27. The van der Waals surface area contributed by atoms with Crippen molar-refractivity contribution in [2.45, 2.75) is 12.5 Å². The first-order valence-electron chi connectivity index (χ1n) is 5.71. The maximum atomic E-state index is 13.1. The van der Waals surface area contributed by atoms with Crippen LogP contribution in [0.4, 0.5) is 4.39 Å². The van der Waals surface area contributed by atoms with Crippen LogP contribution in [0.15, 0.2) is 41.1 Å². The van der Waals surface area contributed by atoms with E-state index in [1.807, 2.05) is 18.2 Å². The van der Waals surface area contributed by atoms with Gasteiger partial charge in [-0.1, -0.05) is 15.9 Å². The molecule has 1 aromatic heterocycles. The standard InChI is InChI=1S/C14H13BrFNO2/c1-19-14-3-2-11(15)4-9(14)6-13(18)10-5-12(16)8-17-7-10/h2-5,7-8,13,18H,6H2,1H3. The fraction of sp³-hybridized carbons (Fsp3) is 0.214. The monoisotopic (exact) mass is 325 g/mol. The van der Waals surface area contributed by atoms with Crippen LogP contribution in [0.25, 0.3) is 0 Å². The summed E-state index contributed by atoms with van der Waals surface area (Å²) < 4.78 is 19.2. The number of ether oxygens (including phenoxy) is 1. The van der Waals surface area contributed by atoms with Crippen LogP contribution in [0.1, 0.15) is 17.2 Å². The molecule has 1 aromatic carbocycles. The van der Waals surface area contributed by atoms with Crippen molar-refractivity contribution in [2.75, 3.05) is 7.11 Å². The van der Waals surface area contributed by atoms with Crippen molar-refractivity contribution in [3.63, 3.8) is 0 Å². The highest BCUT2D eigenvalue weighted by molar-refractivity contribution is 9.10. The van der Waals surface area contributed by atoms with Crippen LogP contribution in [0.3, 0.4) is 0 Å². The quantitative estimate of drug-likeness (QED) is 0.938. The number of aliphatic hydroxyl groups excluding tert-OH is 1. The van der Waals surface area contributed by atoms with Crippen molar-refractivity contribution < 1.29 is 14.2 Å². The van der Waals surface area contributed by atoms with Crippen LogP contribution >= 0.6 is 15.9 Å². The number of hydrogen-bond donors (Lipinski definition) is 1. The average Bonchev–Trinajstić information content (AvgIpc) is 2.39. The largest absolute Gasteiger partial charge is 0.496 e. The van der Waals surface area contributed by atoms with Crippen molar-refractivity contribution in [1.29, 1.82) is 0 Å². The number of aliphatic hydroxyl groups is 1. The molecule has 1 N–H and O–H groups in total. The second-order valence-corrected chi connectivity index (χ2v) is 5.03. The summed E-state index contributed by atoms with van der Waals surface area (Å²) in [7, 11) is 1.57. The fourth-order valence-electron chi connectivity index (χ4n) is 1.84. The van der Waals surface area contributed by atoms with Crippen molar-refractivity contribution in [1.82, 2.24) is 4.98 Å². The molecular weight excluding hydrogens is 313 g/mol. The number of halogens is 2. The summed E-state index contributed by atoms with van der Waals surface area (Å²) in [5, 5.41) is 10.1. The predicted molar refractivity (Wildman–Crippen MR) is 73.6 cm³/mol. The summed E-state index contributed by atoms with van der Waals surface area (Å²) in [4.78, 5) is 3.73. The average molecular weight is 326 g/mol. The molecule has 100 valence electrons. The predicted octanol–water partition coefficient (Wildman–Crippen LogP) is 3.27. The maximum Gasteiger partial charge on any atom is 0.141 e. The van der Waals surface area contributed by atoms with E-state index < -0.39 is 11.9 Å². The summed E-state index contributed by atoms with van der Waals surface area (Å²) in [6.45, 7) is 0. The van der Waals surface area contributed by atoms with E-state index in [2.05, 4.69) is 20.9 Å². The lowest BCUT2D eigenvalue weighted by atomic mass is 10.0. The Labute approximate surface area is 119 Å². The Morgan fingerprint density at radius 1 is 1.37 bits per heavy atom. The van der Waals surface area contributed by atoms with Gasteiger partial charge in [0.1, 0.15) is 11.6 Å². The lowest BCUT2D eigenvalue weighted by Crippen LogP contribution is -2.04.